The van der Waals surface area contributed by atoms with Gasteiger partial charge in [-0.05, 0) is 57.9 Å². The highest BCUT2D eigenvalue weighted by Gasteiger charge is 2.58. The van der Waals surface area contributed by atoms with Crippen molar-refractivity contribution >= 4 is 41.4 Å². The fourth-order valence-corrected chi connectivity index (χ4v) is 6.96. The minimum absolute atomic E-state index is 0.0166. The maximum atomic E-state index is 14.4. The highest BCUT2D eigenvalue weighted by atomic mass is 16.8. The van der Waals surface area contributed by atoms with Crippen LogP contribution in [-0.4, -0.2) is 120 Å². The lowest BCUT2D eigenvalue weighted by atomic mass is 9.80. The van der Waals surface area contributed by atoms with Crippen molar-refractivity contribution in [1.82, 2.24) is 36.4 Å². The Bertz CT molecular complexity index is 1610. The molecule has 0 bridgehead atoms. The number of hydrogen-bond acceptors (Lipinski definition) is 9. The molecule has 304 valence electrons. The Kier molecular flexibility index (Phi) is 13.4. The number of amides is 7. The third-order valence-electron chi connectivity index (χ3n) is 9.86. The van der Waals surface area contributed by atoms with Crippen LogP contribution in [0, 0.1) is 11.3 Å². The third-order valence-corrected chi connectivity index (χ3v) is 9.86. The number of urea groups is 1. The number of rotatable bonds is 13. The van der Waals surface area contributed by atoms with E-state index in [9.17, 15) is 33.6 Å². The van der Waals surface area contributed by atoms with Crippen molar-refractivity contribution in [2.75, 3.05) is 27.2 Å². The van der Waals surface area contributed by atoms with Gasteiger partial charge in [0, 0.05) is 19.6 Å². The van der Waals surface area contributed by atoms with Crippen LogP contribution in [0.25, 0.3) is 0 Å². The van der Waals surface area contributed by atoms with E-state index in [4.69, 9.17) is 9.47 Å². The molecule has 3 fully saturated rings. The summed E-state index contributed by atoms with van der Waals surface area (Å²) in [6, 6.07) is 3.46. The molecule has 1 aromatic rings. The van der Waals surface area contributed by atoms with Crippen molar-refractivity contribution in [3.8, 4) is 0 Å². The summed E-state index contributed by atoms with van der Waals surface area (Å²) in [5.41, 5.74) is -0.816. The van der Waals surface area contributed by atoms with Gasteiger partial charge in [0.25, 0.3) is 5.91 Å². The topological polar surface area (TPSA) is 205 Å². The van der Waals surface area contributed by atoms with E-state index in [0.29, 0.717) is 5.56 Å². The number of ether oxygens (including phenoxy) is 2. The average Bonchev–Trinajstić information content (AvgIpc) is 3.55. The predicted molar refractivity (Wildman–Crippen MR) is 202 cm³/mol. The number of nitrogens with zero attached hydrogens (tertiary/aromatic N) is 2. The van der Waals surface area contributed by atoms with E-state index in [1.165, 1.54) is 9.80 Å². The van der Waals surface area contributed by atoms with Gasteiger partial charge in [0.15, 0.2) is 5.79 Å². The Morgan fingerprint density at radius 3 is 2.09 bits per heavy atom. The third kappa shape index (κ3) is 11.2. The second-order valence-corrected chi connectivity index (χ2v) is 17.5. The van der Waals surface area contributed by atoms with Crippen LogP contribution in [0.4, 0.5) is 4.79 Å². The normalized spacial score (nSPS) is 22.2. The number of carbonyl (C=O) groups excluding carboxylic acids is 7. The number of Topliss-reactive ketones (excluding diaryl/α,β-unsaturated/α-hetero) is 1. The predicted octanol–water partition coefficient (Wildman–Crippen LogP) is 1.54. The standard InChI is InChI=1S/C39H59N7O9/c1-37(2,3)31(43-36(53)44-38(4,5)6)35(52)46-21-25-30(55-39(7,8)54-25)28(46)32(49)41-24(19-22-15-14-16-22)29(48)33(50)40-20-26(47)42-27(34(51)45(9)10)23-17-12-11-13-18-23/h11-13,17-18,22,24-25,27-28,30-31H,14-16,19-21H2,1-10H3,(H,40,50)(H,41,49)(H,42,47)(H2,43,44,53)/t24-,25+,27+,28+,30+,31-/m1/s1. The van der Waals surface area contributed by atoms with Gasteiger partial charge in [0.05, 0.1) is 19.1 Å². The first kappa shape index (κ1) is 43.2. The zero-order valence-electron chi connectivity index (χ0n) is 33.7. The van der Waals surface area contributed by atoms with Crippen molar-refractivity contribution in [1.29, 1.82) is 0 Å². The van der Waals surface area contributed by atoms with Crippen molar-refractivity contribution in [3.63, 3.8) is 0 Å². The van der Waals surface area contributed by atoms with Crippen molar-refractivity contribution < 1.29 is 43.0 Å². The van der Waals surface area contributed by atoms with Crippen molar-refractivity contribution in [2.24, 2.45) is 11.3 Å². The number of likely N-dealkylation sites (tertiary alicyclic amines) is 1. The van der Waals surface area contributed by atoms with Crippen LogP contribution in [0.5, 0.6) is 0 Å². The van der Waals surface area contributed by atoms with E-state index in [2.05, 4.69) is 26.6 Å². The molecule has 1 aliphatic carbocycles. The molecule has 0 unspecified atom stereocenters. The smallest absolute Gasteiger partial charge is 0.315 e. The lowest BCUT2D eigenvalue weighted by Crippen LogP contribution is -2.62. The van der Waals surface area contributed by atoms with E-state index in [1.807, 2.05) is 20.8 Å². The molecule has 55 heavy (non-hydrogen) atoms. The number of fused-ring (bicyclic) bond motifs is 1. The lowest BCUT2D eigenvalue weighted by molar-refractivity contribution is -0.171. The molecular formula is C39H59N7O9. The summed E-state index contributed by atoms with van der Waals surface area (Å²) in [5.74, 6) is -5.37. The molecule has 7 amide bonds. The number of likely N-dealkylation sites (N-methyl/N-ethyl adjacent to an activating group) is 1. The summed E-state index contributed by atoms with van der Waals surface area (Å²) in [7, 11) is 3.11. The molecule has 6 atom stereocenters. The van der Waals surface area contributed by atoms with Crippen LogP contribution >= 0.6 is 0 Å². The Balaban J connectivity index is 1.52. The fraction of sp³-hybridized carbons (Fsp3) is 0.667. The summed E-state index contributed by atoms with van der Waals surface area (Å²) in [6.07, 6.45) is 1.16. The van der Waals surface area contributed by atoms with Gasteiger partial charge in [0.1, 0.15) is 30.3 Å². The molecule has 1 aromatic carbocycles. The van der Waals surface area contributed by atoms with E-state index >= 15 is 0 Å². The van der Waals surface area contributed by atoms with Gasteiger partial charge in [0.2, 0.25) is 29.4 Å². The Morgan fingerprint density at radius 1 is 0.909 bits per heavy atom. The van der Waals surface area contributed by atoms with E-state index in [-0.39, 0.29) is 24.8 Å². The molecule has 0 radical (unpaired) electrons. The Labute approximate surface area is 323 Å². The van der Waals surface area contributed by atoms with Gasteiger partial charge in [-0.1, -0.05) is 70.4 Å². The van der Waals surface area contributed by atoms with Gasteiger partial charge in [-0.25, -0.2) is 4.79 Å². The molecule has 2 saturated heterocycles. The first-order chi connectivity index (χ1) is 25.5. The van der Waals surface area contributed by atoms with Gasteiger partial charge < -0.3 is 45.9 Å². The lowest BCUT2D eigenvalue weighted by Gasteiger charge is -2.37. The molecule has 4 rings (SSSR count). The minimum atomic E-state index is -1.27. The molecule has 1 saturated carbocycles. The zero-order chi connectivity index (χ0) is 41.0. The second-order valence-electron chi connectivity index (χ2n) is 17.5. The first-order valence-corrected chi connectivity index (χ1v) is 18.9. The molecule has 16 heteroatoms. The number of ketones is 1. The molecule has 16 nitrogen and oxygen atoms in total. The van der Waals surface area contributed by atoms with Gasteiger partial charge in [-0.15, -0.1) is 0 Å². The maximum absolute atomic E-state index is 14.4. The Hall–Kier alpha value is -4.57. The second kappa shape index (κ2) is 17.1. The molecule has 0 spiro atoms. The van der Waals surface area contributed by atoms with Crippen LogP contribution in [-0.2, 0) is 38.2 Å². The van der Waals surface area contributed by atoms with E-state index in [1.54, 1.807) is 79.0 Å². The maximum Gasteiger partial charge on any atom is 0.315 e. The average molecular weight is 770 g/mol. The summed E-state index contributed by atoms with van der Waals surface area (Å²) in [6.45, 7) is 13.6. The molecule has 2 aliphatic heterocycles. The van der Waals surface area contributed by atoms with E-state index < -0.39 is 95.1 Å². The van der Waals surface area contributed by atoms with E-state index in [0.717, 1.165) is 19.3 Å². The monoisotopic (exact) mass is 769 g/mol. The van der Waals surface area contributed by atoms with Gasteiger partial charge >= 0.3 is 6.03 Å². The van der Waals surface area contributed by atoms with Crippen LogP contribution in [0.15, 0.2) is 30.3 Å². The quantitative estimate of drug-likeness (QED) is 0.184. The number of nitrogens with one attached hydrogen (secondary N) is 5. The largest absolute Gasteiger partial charge is 0.347 e. The van der Waals surface area contributed by atoms with Gasteiger partial charge in [-0.3, -0.25) is 28.8 Å². The molecule has 2 heterocycles. The molecular weight excluding hydrogens is 710 g/mol. The number of carbonyl (C=O) groups is 7. The van der Waals surface area contributed by atoms with Crippen LogP contribution in [0.2, 0.25) is 0 Å². The highest BCUT2D eigenvalue weighted by molar-refractivity contribution is 6.38. The summed E-state index contributed by atoms with van der Waals surface area (Å²) in [4.78, 5) is 97.2. The summed E-state index contributed by atoms with van der Waals surface area (Å²) < 4.78 is 12.2. The fourth-order valence-electron chi connectivity index (χ4n) is 6.96. The molecule has 0 aromatic heterocycles. The minimum Gasteiger partial charge on any atom is -0.347 e. The summed E-state index contributed by atoms with van der Waals surface area (Å²) in [5, 5.41) is 13.3. The zero-order valence-corrected chi connectivity index (χ0v) is 33.7. The molecule has 3 aliphatic rings. The van der Waals surface area contributed by atoms with Crippen molar-refractivity contribution in [3.05, 3.63) is 35.9 Å². The first-order valence-electron chi connectivity index (χ1n) is 18.9. The highest BCUT2D eigenvalue weighted by Crippen LogP contribution is 2.38. The number of hydrogen-bond donors (Lipinski definition) is 5. The van der Waals surface area contributed by atoms with Gasteiger partial charge in [-0.2, -0.15) is 0 Å². The van der Waals surface area contributed by atoms with Crippen LogP contribution < -0.4 is 26.6 Å². The Morgan fingerprint density at radius 2 is 1.55 bits per heavy atom. The SMILES string of the molecule is CN(C)C(=O)[C@@H](NC(=O)CNC(=O)C(=O)[C@@H](CC1CCC1)NC(=O)[C@@H]1[C@H]2OC(C)(C)O[C@H]2CN1C(=O)[C@@H](NC(=O)NC(C)(C)C)C(C)(C)C)c1ccccc1. The van der Waals surface area contributed by atoms with Crippen molar-refractivity contribution in [2.45, 2.75) is 129 Å². The summed E-state index contributed by atoms with van der Waals surface area (Å²) >= 11 is 0. The van der Waals surface area contributed by atoms with Crippen LogP contribution in [0.1, 0.15) is 92.7 Å². The van der Waals surface area contributed by atoms with Crippen LogP contribution in [0.3, 0.4) is 0 Å². The molecule has 5 N–H and O–H groups in total. The number of benzene rings is 1.